The van der Waals surface area contributed by atoms with Gasteiger partial charge in [0, 0.05) is 0 Å². The van der Waals surface area contributed by atoms with Crippen LogP contribution in [0.15, 0.2) is 18.5 Å². The zero-order valence-electron chi connectivity index (χ0n) is 5.90. The van der Waals surface area contributed by atoms with Gasteiger partial charge < -0.3 is 0 Å². The number of nitrogens with zero attached hydrogens (tertiary/aromatic N) is 4. The molecule has 2 rings (SSSR count). The van der Waals surface area contributed by atoms with E-state index in [1.54, 1.807) is 12.3 Å². The van der Waals surface area contributed by atoms with Gasteiger partial charge in [-0.1, -0.05) is 11.6 Å². The third-order valence-electron chi connectivity index (χ3n) is 1.50. The van der Waals surface area contributed by atoms with Gasteiger partial charge in [-0.05, 0) is 6.07 Å². The van der Waals surface area contributed by atoms with E-state index in [-0.39, 0.29) is 0 Å². The lowest BCUT2D eigenvalue weighted by Gasteiger charge is -1.95. The van der Waals surface area contributed by atoms with Crippen molar-refractivity contribution >= 4 is 17.1 Å². The van der Waals surface area contributed by atoms with Gasteiger partial charge >= 0.3 is 0 Å². The summed E-state index contributed by atoms with van der Waals surface area (Å²) in [6, 6.07) is 3.65. The number of fused-ring (bicyclic) bond motifs is 1. The molecule has 0 bridgehead atoms. The summed E-state index contributed by atoms with van der Waals surface area (Å²) in [6.07, 6.45) is 2.97. The first-order valence-corrected chi connectivity index (χ1v) is 3.59. The summed E-state index contributed by atoms with van der Waals surface area (Å²) in [6.45, 7) is 0. The molecular formula is C7H3ClN4. The van der Waals surface area contributed by atoms with E-state index in [4.69, 9.17) is 16.9 Å². The van der Waals surface area contributed by atoms with Crippen LogP contribution >= 0.6 is 11.6 Å². The molecule has 2 aromatic rings. The molecule has 0 unspecified atom stereocenters. The van der Waals surface area contributed by atoms with Crippen molar-refractivity contribution in [2.45, 2.75) is 0 Å². The molecule has 0 saturated carbocycles. The van der Waals surface area contributed by atoms with Crippen LogP contribution in [0, 0.1) is 11.3 Å². The normalized spacial score (nSPS) is 10.0. The molecule has 5 heteroatoms. The number of hydrogen-bond acceptors (Lipinski definition) is 3. The lowest BCUT2D eigenvalue weighted by atomic mass is 10.3. The van der Waals surface area contributed by atoms with Crippen molar-refractivity contribution in [2.75, 3.05) is 0 Å². The van der Waals surface area contributed by atoms with E-state index in [0.29, 0.717) is 16.1 Å². The third kappa shape index (κ3) is 0.840. The van der Waals surface area contributed by atoms with Gasteiger partial charge in [-0.25, -0.2) is 0 Å². The number of rotatable bonds is 0. The molecule has 4 nitrogen and oxygen atoms in total. The van der Waals surface area contributed by atoms with Crippen molar-refractivity contribution in [2.24, 2.45) is 0 Å². The highest BCUT2D eigenvalue weighted by molar-refractivity contribution is 6.34. The summed E-state index contributed by atoms with van der Waals surface area (Å²) in [5.41, 5.74) is 1.01. The second-order valence-electron chi connectivity index (χ2n) is 2.19. The fraction of sp³-hybridized carbons (Fsp3) is 0. The topological polar surface area (TPSA) is 54.0 Å². The quantitative estimate of drug-likeness (QED) is 0.610. The highest BCUT2D eigenvalue weighted by Gasteiger charge is 2.05. The smallest absolute Gasteiger partial charge is 0.107 e. The molecule has 0 spiro atoms. The van der Waals surface area contributed by atoms with Crippen molar-refractivity contribution in [3.63, 3.8) is 0 Å². The summed E-state index contributed by atoms with van der Waals surface area (Å²) in [7, 11) is 0. The van der Waals surface area contributed by atoms with E-state index >= 15 is 0 Å². The summed E-state index contributed by atoms with van der Waals surface area (Å²) < 4.78 is 1.38. The van der Waals surface area contributed by atoms with Gasteiger partial charge in [-0.3, -0.25) is 0 Å². The molecule has 58 valence electrons. The zero-order chi connectivity index (χ0) is 8.55. The van der Waals surface area contributed by atoms with E-state index in [2.05, 4.69) is 10.2 Å². The standard InChI is InChI=1S/C7H3ClN4/c8-7-5(3-9)4-11-12-6(7)1-2-10-12/h1-2,4H. The Morgan fingerprint density at radius 2 is 2.33 bits per heavy atom. The maximum atomic E-state index is 8.61. The number of aromatic nitrogens is 3. The Balaban J connectivity index is 2.89. The molecule has 0 atom stereocenters. The van der Waals surface area contributed by atoms with Crippen LogP contribution in [0.5, 0.6) is 0 Å². The molecule has 0 aliphatic rings. The fourth-order valence-corrected chi connectivity index (χ4v) is 1.16. The second kappa shape index (κ2) is 2.47. The minimum Gasteiger partial charge on any atom is -0.192 e. The van der Waals surface area contributed by atoms with Gasteiger partial charge in [0.15, 0.2) is 0 Å². The third-order valence-corrected chi connectivity index (χ3v) is 1.90. The first-order valence-electron chi connectivity index (χ1n) is 3.21. The van der Waals surface area contributed by atoms with Gasteiger partial charge in [-0.15, -0.1) is 0 Å². The van der Waals surface area contributed by atoms with Crippen LogP contribution in [0.2, 0.25) is 5.02 Å². The van der Waals surface area contributed by atoms with Crippen molar-refractivity contribution in [3.05, 3.63) is 29.0 Å². The summed E-state index contributed by atoms with van der Waals surface area (Å²) in [5.74, 6) is 0. The Labute approximate surface area is 73.0 Å². The molecule has 0 aromatic carbocycles. The van der Waals surface area contributed by atoms with Crippen LogP contribution in [-0.4, -0.2) is 14.8 Å². The first kappa shape index (κ1) is 7.07. The molecule has 12 heavy (non-hydrogen) atoms. The predicted octanol–water partition coefficient (Wildman–Crippen LogP) is 1.25. The average molecular weight is 179 g/mol. The SMILES string of the molecule is N#Cc1cnn2nccc2c1Cl. The van der Waals surface area contributed by atoms with E-state index in [9.17, 15) is 0 Å². The molecule has 2 heterocycles. The molecule has 2 aromatic heterocycles. The summed E-state index contributed by atoms with van der Waals surface area (Å²) >= 11 is 5.86. The molecule has 0 aliphatic carbocycles. The average Bonchev–Trinajstić information content (AvgIpc) is 2.53. The van der Waals surface area contributed by atoms with E-state index in [1.165, 1.54) is 10.8 Å². The van der Waals surface area contributed by atoms with Crippen LogP contribution in [0.25, 0.3) is 5.52 Å². The Bertz CT molecular complexity index is 468. The van der Waals surface area contributed by atoms with Gasteiger partial charge in [0.1, 0.15) is 11.6 Å². The lowest BCUT2D eigenvalue weighted by Crippen LogP contribution is -1.94. The maximum Gasteiger partial charge on any atom is 0.107 e. The summed E-state index contributed by atoms with van der Waals surface area (Å²) in [4.78, 5) is 0. The lowest BCUT2D eigenvalue weighted by molar-refractivity contribution is 0.798. The van der Waals surface area contributed by atoms with E-state index in [0.717, 1.165) is 0 Å². The van der Waals surface area contributed by atoms with Crippen LogP contribution in [0.4, 0.5) is 0 Å². The summed E-state index contributed by atoms with van der Waals surface area (Å²) in [5, 5.41) is 16.7. The molecule has 0 N–H and O–H groups in total. The largest absolute Gasteiger partial charge is 0.192 e. The van der Waals surface area contributed by atoms with Crippen molar-refractivity contribution in [3.8, 4) is 6.07 Å². The van der Waals surface area contributed by atoms with Gasteiger partial charge in [0.05, 0.1) is 23.0 Å². The monoisotopic (exact) mass is 178 g/mol. The Kier molecular flexibility index (Phi) is 1.45. The molecule has 0 amide bonds. The molecule has 0 aliphatic heterocycles. The zero-order valence-corrected chi connectivity index (χ0v) is 6.65. The number of nitriles is 1. The minimum absolute atomic E-state index is 0.365. The molecular weight excluding hydrogens is 176 g/mol. The van der Waals surface area contributed by atoms with Crippen LogP contribution in [0.3, 0.4) is 0 Å². The predicted molar refractivity (Wildman–Crippen MR) is 42.7 cm³/mol. The Morgan fingerprint density at radius 3 is 3.08 bits per heavy atom. The van der Waals surface area contributed by atoms with E-state index in [1.807, 2.05) is 6.07 Å². The molecule has 0 radical (unpaired) electrons. The first-order chi connectivity index (χ1) is 5.83. The minimum atomic E-state index is 0.365. The van der Waals surface area contributed by atoms with Crippen LogP contribution in [-0.2, 0) is 0 Å². The van der Waals surface area contributed by atoms with Gasteiger partial charge in [0.2, 0.25) is 0 Å². The molecule has 0 fully saturated rings. The second-order valence-corrected chi connectivity index (χ2v) is 2.57. The molecule has 0 saturated heterocycles. The number of halogens is 1. The Hall–Kier alpha value is -1.60. The van der Waals surface area contributed by atoms with Crippen molar-refractivity contribution in [1.29, 1.82) is 5.26 Å². The highest BCUT2D eigenvalue weighted by Crippen LogP contribution is 2.19. The van der Waals surface area contributed by atoms with Gasteiger partial charge in [0.25, 0.3) is 0 Å². The maximum absolute atomic E-state index is 8.61. The van der Waals surface area contributed by atoms with Crippen molar-refractivity contribution < 1.29 is 0 Å². The van der Waals surface area contributed by atoms with Crippen molar-refractivity contribution in [1.82, 2.24) is 14.8 Å². The number of hydrogen-bond donors (Lipinski definition) is 0. The Morgan fingerprint density at radius 1 is 1.50 bits per heavy atom. The van der Waals surface area contributed by atoms with Crippen LogP contribution < -0.4 is 0 Å². The fourth-order valence-electron chi connectivity index (χ4n) is 0.934. The highest BCUT2D eigenvalue weighted by atomic mass is 35.5. The van der Waals surface area contributed by atoms with Gasteiger partial charge in [-0.2, -0.15) is 20.1 Å². The van der Waals surface area contributed by atoms with Crippen LogP contribution in [0.1, 0.15) is 5.56 Å². The van der Waals surface area contributed by atoms with E-state index < -0.39 is 0 Å².